The Balaban J connectivity index is 2.17. The van der Waals surface area contributed by atoms with Crippen LogP contribution >= 0.6 is 11.8 Å². The fourth-order valence-electron chi connectivity index (χ4n) is 3.01. The summed E-state index contributed by atoms with van der Waals surface area (Å²) >= 11 is 1.34. The minimum absolute atomic E-state index is 0.0158. The summed E-state index contributed by atoms with van der Waals surface area (Å²) in [5.41, 5.74) is 1.48. The van der Waals surface area contributed by atoms with Crippen LogP contribution in [0.25, 0.3) is 10.9 Å². The van der Waals surface area contributed by atoms with E-state index in [0.717, 1.165) is 12.0 Å². The van der Waals surface area contributed by atoms with E-state index >= 15 is 0 Å². The van der Waals surface area contributed by atoms with E-state index in [1.165, 1.54) is 11.8 Å². The second-order valence-electron chi connectivity index (χ2n) is 6.99. The van der Waals surface area contributed by atoms with Crippen LogP contribution in [0.5, 0.6) is 0 Å². The van der Waals surface area contributed by atoms with Gasteiger partial charge in [0.05, 0.1) is 10.9 Å². The number of hydrogen-bond acceptors (Lipinski definition) is 4. The molecule has 1 heterocycles. The zero-order valence-electron chi connectivity index (χ0n) is 16.6. The molecule has 0 aliphatic rings. The molecule has 0 bridgehead atoms. The highest BCUT2D eigenvalue weighted by Gasteiger charge is 2.27. The Hall–Kier alpha value is -2.60. The topological polar surface area (TPSA) is 55.2 Å². The Morgan fingerprint density at radius 1 is 1.11 bits per heavy atom. The molecule has 1 aromatic heterocycles. The number of carbonyl (C=O) groups excluding carboxylic acids is 1. The lowest BCUT2D eigenvalue weighted by atomic mass is 10.1. The van der Waals surface area contributed by atoms with Crippen molar-refractivity contribution in [2.24, 2.45) is 0 Å². The monoisotopic (exact) mass is 395 g/mol. The zero-order chi connectivity index (χ0) is 20.3. The molecule has 6 heteroatoms. The molecule has 0 unspecified atom stereocenters. The van der Waals surface area contributed by atoms with Crippen LogP contribution in [0.15, 0.2) is 64.5 Å². The lowest BCUT2D eigenvalue weighted by Crippen LogP contribution is -2.29. The predicted molar refractivity (Wildman–Crippen MR) is 115 cm³/mol. The van der Waals surface area contributed by atoms with Crippen LogP contribution in [0.4, 0.5) is 0 Å². The van der Waals surface area contributed by atoms with Crippen LogP contribution in [0, 0.1) is 0 Å². The van der Waals surface area contributed by atoms with Crippen molar-refractivity contribution in [2.75, 3.05) is 14.1 Å². The zero-order valence-corrected chi connectivity index (χ0v) is 17.4. The first kappa shape index (κ1) is 20.1. The maximum Gasteiger partial charge on any atom is 0.262 e. The van der Waals surface area contributed by atoms with E-state index < -0.39 is 5.25 Å². The summed E-state index contributed by atoms with van der Waals surface area (Å²) in [5.74, 6) is -0.0330. The van der Waals surface area contributed by atoms with Gasteiger partial charge in [0.2, 0.25) is 5.91 Å². The maximum atomic E-state index is 13.2. The summed E-state index contributed by atoms with van der Waals surface area (Å²) in [6.07, 6.45) is 0.797. The van der Waals surface area contributed by atoms with Gasteiger partial charge in [-0.25, -0.2) is 4.98 Å². The van der Waals surface area contributed by atoms with Crippen molar-refractivity contribution in [3.05, 3.63) is 70.5 Å². The Kier molecular flexibility index (Phi) is 6.19. The van der Waals surface area contributed by atoms with Crippen LogP contribution < -0.4 is 5.56 Å². The highest BCUT2D eigenvalue weighted by atomic mass is 32.2. The summed E-state index contributed by atoms with van der Waals surface area (Å²) < 4.78 is 1.73. The Morgan fingerprint density at radius 3 is 2.39 bits per heavy atom. The number of para-hydroxylation sites is 1. The molecule has 28 heavy (non-hydrogen) atoms. The summed E-state index contributed by atoms with van der Waals surface area (Å²) in [4.78, 5) is 32.5. The van der Waals surface area contributed by atoms with E-state index in [1.54, 1.807) is 29.6 Å². The second-order valence-corrected chi connectivity index (χ2v) is 8.06. The molecule has 0 saturated carbocycles. The fraction of sp³-hybridized carbons (Fsp3) is 0.318. The average molecular weight is 396 g/mol. The second kappa shape index (κ2) is 8.61. The third-order valence-electron chi connectivity index (χ3n) is 4.80. The number of fused-ring (bicyclic) bond motifs is 1. The largest absolute Gasteiger partial charge is 0.348 e. The molecular formula is C22H25N3O2S. The molecular weight excluding hydrogens is 370 g/mol. The van der Waals surface area contributed by atoms with Crippen LogP contribution in [-0.4, -0.2) is 34.5 Å². The first-order chi connectivity index (χ1) is 13.4. The van der Waals surface area contributed by atoms with Crippen molar-refractivity contribution >= 4 is 28.6 Å². The number of thioether (sulfide) groups is 1. The Labute approximate surface area is 169 Å². The van der Waals surface area contributed by atoms with Gasteiger partial charge in [0.1, 0.15) is 5.25 Å². The summed E-state index contributed by atoms with van der Waals surface area (Å²) in [5, 5.41) is 0.698. The molecule has 3 aromatic rings. The van der Waals surface area contributed by atoms with E-state index in [9.17, 15) is 9.59 Å². The molecule has 2 aromatic carbocycles. The van der Waals surface area contributed by atoms with Crippen molar-refractivity contribution in [3.63, 3.8) is 0 Å². The molecule has 0 radical (unpaired) electrons. The van der Waals surface area contributed by atoms with Gasteiger partial charge in [-0.05, 0) is 31.0 Å². The Bertz CT molecular complexity index is 1030. The number of likely N-dealkylation sites (N-methyl/N-ethyl adjacent to an activating group) is 1. The number of aromatic nitrogens is 2. The molecule has 1 amide bonds. The number of benzene rings is 2. The normalized spacial score (nSPS) is 13.3. The average Bonchev–Trinajstić information content (AvgIpc) is 2.71. The van der Waals surface area contributed by atoms with Gasteiger partial charge in [0.25, 0.3) is 5.56 Å². The number of amides is 1. The minimum atomic E-state index is -0.473. The summed E-state index contributed by atoms with van der Waals surface area (Å²) in [6.45, 7) is 4.05. The highest BCUT2D eigenvalue weighted by Crippen LogP contribution is 2.36. The molecule has 0 aliphatic heterocycles. The van der Waals surface area contributed by atoms with Gasteiger partial charge in [-0.3, -0.25) is 14.2 Å². The van der Waals surface area contributed by atoms with Crippen LogP contribution in [0.3, 0.4) is 0 Å². The van der Waals surface area contributed by atoms with Gasteiger partial charge in [0.15, 0.2) is 5.16 Å². The lowest BCUT2D eigenvalue weighted by molar-refractivity contribution is -0.128. The standard InChI is InChI=1S/C22H25N3O2S/c1-5-15(2)25-20(26)17-13-9-10-14-18(17)23-22(25)28-19(21(27)24(3)4)16-11-7-6-8-12-16/h6-15,19H,5H2,1-4H3/t15-,19+/m1/s1. The number of hydrogen-bond donors (Lipinski definition) is 0. The van der Waals surface area contributed by atoms with Crippen LogP contribution in [0.2, 0.25) is 0 Å². The molecule has 0 N–H and O–H groups in total. The van der Waals surface area contributed by atoms with Gasteiger partial charge in [-0.1, -0.05) is 61.2 Å². The fourth-order valence-corrected chi connectivity index (χ4v) is 4.35. The molecule has 0 fully saturated rings. The predicted octanol–water partition coefficient (Wildman–Crippen LogP) is 4.29. The van der Waals surface area contributed by atoms with Crippen molar-refractivity contribution in [1.82, 2.24) is 14.5 Å². The van der Waals surface area contributed by atoms with Gasteiger partial charge in [0, 0.05) is 20.1 Å². The van der Waals surface area contributed by atoms with Crippen molar-refractivity contribution in [3.8, 4) is 0 Å². The quantitative estimate of drug-likeness (QED) is 0.461. The van der Waals surface area contributed by atoms with E-state index in [0.29, 0.717) is 16.1 Å². The summed E-state index contributed by atoms with van der Waals surface area (Å²) in [7, 11) is 3.49. The molecule has 146 valence electrons. The third kappa shape index (κ3) is 3.97. The molecule has 5 nitrogen and oxygen atoms in total. The van der Waals surface area contributed by atoms with Gasteiger partial charge in [-0.15, -0.1) is 0 Å². The SMILES string of the molecule is CC[C@@H](C)n1c(S[C@H](C(=O)N(C)C)c2ccccc2)nc2ccccc2c1=O. The molecule has 3 rings (SSSR count). The van der Waals surface area contributed by atoms with Crippen LogP contribution in [0.1, 0.15) is 37.1 Å². The number of rotatable bonds is 6. The van der Waals surface area contributed by atoms with E-state index in [2.05, 4.69) is 0 Å². The smallest absolute Gasteiger partial charge is 0.262 e. The van der Waals surface area contributed by atoms with Crippen molar-refractivity contribution < 1.29 is 4.79 Å². The molecule has 2 atom stereocenters. The summed E-state index contributed by atoms with van der Waals surface area (Å²) in [6, 6.07) is 17.0. The van der Waals surface area contributed by atoms with Gasteiger partial charge >= 0.3 is 0 Å². The van der Waals surface area contributed by atoms with E-state index in [-0.39, 0.29) is 17.5 Å². The Morgan fingerprint density at radius 2 is 1.75 bits per heavy atom. The third-order valence-corrected chi connectivity index (χ3v) is 6.01. The maximum absolute atomic E-state index is 13.2. The van der Waals surface area contributed by atoms with Gasteiger partial charge in [-0.2, -0.15) is 0 Å². The first-order valence-electron chi connectivity index (χ1n) is 9.38. The van der Waals surface area contributed by atoms with E-state index in [4.69, 9.17) is 4.98 Å². The molecule has 0 spiro atoms. The van der Waals surface area contributed by atoms with E-state index in [1.807, 2.05) is 62.4 Å². The highest BCUT2D eigenvalue weighted by molar-refractivity contribution is 8.00. The number of carbonyl (C=O) groups is 1. The molecule has 0 aliphatic carbocycles. The van der Waals surface area contributed by atoms with Crippen LogP contribution in [-0.2, 0) is 4.79 Å². The minimum Gasteiger partial charge on any atom is -0.348 e. The first-order valence-corrected chi connectivity index (χ1v) is 10.3. The lowest BCUT2D eigenvalue weighted by Gasteiger charge is -2.23. The van der Waals surface area contributed by atoms with Gasteiger partial charge < -0.3 is 4.90 Å². The van der Waals surface area contributed by atoms with Crippen molar-refractivity contribution in [2.45, 2.75) is 36.7 Å². The number of nitrogens with zero attached hydrogens (tertiary/aromatic N) is 3. The molecule has 0 saturated heterocycles. The van der Waals surface area contributed by atoms with Crippen molar-refractivity contribution in [1.29, 1.82) is 0 Å².